The van der Waals surface area contributed by atoms with Gasteiger partial charge in [-0.25, -0.2) is 9.67 Å². The molecule has 2 aromatic heterocycles. The van der Waals surface area contributed by atoms with Crippen LogP contribution in [0.1, 0.15) is 45.3 Å². The van der Waals surface area contributed by atoms with Crippen LogP contribution in [0.15, 0.2) is 24.7 Å². The summed E-state index contributed by atoms with van der Waals surface area (Å²) in [6.45, 7) is 6.49. The predicted molar refractivity (Wildman–Crippen MR) is 70.2 cm³/mol. The van der Waals surface area contributed by atoms with E-state index in [0.29, 0.717) is 6.04 Å². The number of hydrogen-bond donors (Lipinski definition) is 0. The number of nitrogens with zero attached hydrogens (tertiary/aromatic N) is 4. The summed E-state index contributed by atoms with van der Waals surface area (Å²) < 4.78 is 1.97. The average molecular weight is 242 g/mol. The normalized spacial score (nSPS) is 15.9. The van der Waals surface area contributed by atoms with Gasteiger partial charge in [-0.1, -0.05) is 20.8 Å². The fourth-order valence-corrected chi connectivity index (χ4v) is 1.89. The minimum atomic E-state index is 0.0827. The van der Waals surface area contributed by atoms with E-state index in [0.717, 1.165) is 17.1 Å². The van der Waals surface area contributed by atoms with E-state index in [2.05, 4.69) is 48.0 Å². The molecule has 4 heteroatoms. The topological polar surface area (TPSA) is 43.6 Å². The lowest BCUT2D eigenvalue weighted by Crippen LogP contribution is -2.12. The van der Waals surface area contributed by atoms with Gasteiger partial charge in [-0.3, -0.25) is 4.98 Å². The predicted octanol–water partition coefficient (Wildman–Crippen LogP) is 2.97. The van der Waals surface area contributed by atoms with Gasteiger partial charge in [0.15, 0.2) is 5.82 Å². The quantitative estimate of drug-likeness (QED) is 0.813. The van der Waals surface area contributed by atoms with Crippen molar-refractivity contribution >= 4 is 0 Å². The van der Waals surface area contributed by atoms with Crippen molar-refractivity contribution in [1.82, 2.24) is 19.7 Å². The van der Waals surface area contributed by atoms with Crippen molar-refractivity contribution in [3.8, 4) is 11.4 Å². The molecule has 2 aromatic rings. The van der Waals surface area contributed by atoms with Gasteiger partial charge in [-0.2, -0.15) is 5.10 Å². The first-order valence-electron chi connectivity index (χ1n) is 6.42. The lowest BCUT2D eigenvalue weighted by atomic mass is 9.91. The van der Waals surface area contributed by atoms with Crippen molar-refractivity contribution in [1.29, 1.82) is 0 Å². The van der Waals surface area contributed by atoms with Gasteiger partial charge >= 0.3 is 0 Å². The van der Waals surface area contributed by atoms with Crippen LogP contribution in [0.4, 0.5) is 0 Å². The summed E-state index contributed by atoms with van der Waals surface area (Å²) >= 11 is 0. The van der Waals surface area contributed by atoms with Crippen LogP contribution in [0, 0.1) is 0 Å². The molecule has 0 saturated heterocycles. The average Bonchev–Trinajstić information content (AvgIpc) is 3.06. The van der Waals surface area contributed by atoms with E-state index in [-0.39, 0.29) is 5.41 Å². The van der Waals surface area contributed by atoms with Crippen LogP contribution in [0.5, 0.6) is 0 Å². The zero-order valence-corrected chi connectivity index (χ0v) is 11.1. The highest BCUT2D eigenvalue weighted by Gasteiger charge is 2.25. The first kappa shape index (κ1) is 11.4. The van der Waals surface area contributed by atoms with E-state index < -0.39 is 0 Å². The van der Waals surface area contributed by atoms with Crippen LogP contribution < -0.4 is 0 Å². The number of rotatable bonds is 2. The molecule has 2 heterocycles. The molecule has 0 spiro atoms. The molecule has 0 bridgehead atoms. The van der Waals surface area contributed by atoms with Gasteiger partial charge in [0.05, 0.1) is 6.04 Å². The minimum Gasteiger partial charge on any atom is -0.260 e. The Morgan fingerprint density at radius 3 is 2.50 bits per heavy atom. The second-order valence-corrected chi connectivity index (χ2v) is 5.96. The van der Waals surface area contributed by atoms with Crippen LogP contribution in [0.2, 0.25) is 0 Å². The van der Waals surface area contributed by atoms with E-state index in [1.807, 2.05) is 17.2 Å². The Balaban J connectivity index is 1.87. The van der Waals surface area contributed by atoms with Gasteiger partial charge < -0.3 is 0 Å². The highest BCUT2D eigenvalue weighted by atomic mass is 15.4. The summed E-state index contributed by atoms with van der Waals surface area (Å²) in [5.74, 6) is 0.773. The standard InChI is InChI=1S/C14H18N4/c1-14(2,3)12-7-4-10(8-15-12)13-16-9-18(17-13)11-5-6-11/h4,7-9,11H,5-6H2,1-3H3. The van der Waals surface area contributed by atoms with Gasteiger partial charge in [0.1, 0.15) is 6.33 Å². The molecule has 0 unspecified atom stereocenters. The van der Waals surface area contributed by atoms with Crippen molar-refractivity contribution in [3.63, 3.8) is 0 Å². The molecular weight excluding hydrogens is 224 g/mol. The lowest BCUT2D eigenvalue weighted by molar-refractivity contribution is 0.569. The second kappa shape index (κ2) is 3.90. The molecule has 0 aliphatic heterocycles. The Bertz CT molecular complexity index is 544. The summed E-state index contributed by atoms with van der Waals surface area (Å²) in [5.41, 5.74) is 2.16. The summed E-state index contributed by atoms with van der Waals surface area (Å²) in [6, 6.07) is 4.70. The molecule has 3 rings (SSSR count). The first-order chi connectivity index (χ1) is 8.54. The summed E-state index contributed by atoms with van der Waals surface area (Å²) in [7, 11) is 0. The van der Waals surface area contributed by atoms with E-state index >= 15 is 0 Å². The smallest absolute Gasteiger partial charge is 0.182 e. The molecule has 0 N–H and O–H groups in total. The Morgan fingerprint density at radius 1 is 1.17 bits per heavy atom. The Kier molecular flexibility index (Phi) is 2.47. The number of aromatic nitrogens is 4. The van der Waals surface area contributed by atoms with Crippen molar-refractivity contribution in [2.24, 2.45) is 0 Å². The van der Waals surface area contributed by atoms with Gasteiger partial charge in [0, 0.05) is 22.9 Å². The molecular formula is C14H18N4. The van der Waals surface area contributed by atoms with E-state index in [4.69, 9.17) is 0 Å². The zero-order chi connectivity index (χ0) is 12.8. The van der Waals surface area contributed by atoms with Crippen LogP contribution in [-0.2, 0) is 5.41 Å². The van der Waals surface area contributed by atoms with E-state index in [1.54, 1.807) is 0 Å². The fraction of sp³-hybridized carbons (Fsp3) is 0.500. The Morgan fingerprint density at radius 2 is 1.94 bits per heavy atom. The third kappa shape index (κ3) is 2.15. The maximum atomic E-state index is 4.51. The zero-order valence-electron chi connectivity index (χ0n) is 11.1. The fourth-order valence-electron chi connectivity index (χ4n) is 1.89. The molecule has 1 aliphatic rings. The monoisotopic (exact) mass is 242 g/mol. The third-order valence-electron chi connectivity index (χ3n) is 3.22. The minimum absolute atomic E-state index is 0.0827. The number of hydrogen-bond acceptors (Lipinski definition) is 3. The van der Waals surface area contributed by atoms with Gasteiger partial charge in [-0.05, 0) is 25.0 Å². The highest BCUT2D eigenvalue weighted by molar-refractivity contribution is 5.52. The maximum Gasteiger partial charge on any atom is 0.182 e. The van der Waals surface area contributed by atoms with Crippen molar-refractivity contribution < 1.29 is 0 Å². The molecule has 0 atom stereocenters. The lowest BCUT2D eigenvalue weighted by Gasteiger charge is -2.17. The van der Waals surface area contributed by atoms with Crippen molar-refractivity contribution in [2.45, 2.75) is 45.1 Å². The van der Waals surface area contributed by atoms with Crippen molar-refractivity contribution in [2.75, 3.05) is 0 Å². The summed E-state index contributed by atoms with van der Waals surface area (Å²) in [5, 5.41) is 4.50. The maximum absolute atomic E-state index is 4.51. The van der Waals surface area contributed by atoms with Gasteiger partial charge in [0.2, 0.25) is 0 Å². The van der Waals surface area contributed by atoms with Crippen molar-refractivity contribution in [3.05, 3.63) is 30.4 Å². The second-order valence-electron chi connectivity index (χ2n) is 5.96. The van der Waals surface area contributed by atoms with Crippen LogP contribution >= 0.6 is 0 Å². The molecule has 1 saturated carbocycles. The first-order valence-corrected chi connectivity index (χ1v) is 6.42. The molecule has 0 aromatic carbocycles. The highest BCUT2D eigenvalue weighted by Crippen LogP contribution is 2.34. The molecule has 18 heavy (non-hydrogen) atoms. The molecule has 0 amide bonds. The molecule has 94 valence electrons. The molecule has 1 fully saturated rings. The third-order valence-corrected chi connectivity index (χ3v) is 3.22. The van der Waals surface area contributed by atoms with E-state index in [1.165, 1.54) is 12.8 Å². The number of pyridine rings is 1. The molecule has 4 nitrogen and oxygen atoms in total. The summed E-state index contributed by atoms with van der Waals surface area (Å²) in [4.78, 5) is 8.86. The molecule has 1 aliphatic carbocycles. The van der Waals surface area contributed by atoms with Gasteiger partial charge in [0.25, 0.3) is 0 Å². The van der Waals surface area contributed by atoms with Gasteiger partial charge in [-0.15, -0.1) is 0 Å². The Hall–Kier alpha value is -1.71. The van der Waals surface area contributed by atoms with Crippen LogP contribution in [0.25, 0.3) is 11.4 Å². The SMILES string of the molecule is CC(C)(C)c1ccc(-c2ncn(C3CC3)n2)cn1. The summed E-state index contributed by atoms with van der Waals surface area (Å²) in [6.07, 6.45) is 6.14. The van der Waals surface area contributed by atoms with E-state index in [9.17, 15) is 0 Å². The largest absolute Gasteiger partial charge is 0.260 e. The van der Waals surface area contributed by atoms with Crippen LogP contribution in [-0.4, -0.2) is 19.7 Å². The van der Waals surface area contributed by atoms with Crippen LogP contribution in [0.3, 0.4) is 0 Å². The Labute approximate surface area is 107 Å². The molecule has 0 radical (unpaired) electrons.